The van der Waals surface area contributed by atoms with Gasteiger partial charge in [0, 0.05) is 19.2 Å². The summed E-state index contributed by atoms with van der Waals surface area (Å²) in [6.45, 7) is 2.23. The number of ether oxygens (including phenoxy) is 4. The Balaban J connectivity index is 1.97. The number of fused-ring (bicyclic) bond motifs is 1. The van der Waals surface area contributed by atoms with Crippen molar-refractivity contribution in [3.05, 3.63) is 52.3 Å². The number of hydrogen-bond acceptors (Lipinski definition) is 8. The highest BCUT2D eigenvalue weighted by Crippen LogP contribution is 2.30. The van der Waals surface area contributed by atoms with Gasteiger partial charge < -0.3 is 23.8 Å². The average molecular weight is 425 g/mol. The highest BCUT2D eigenvalue weighted by atomic mass is 16.5. The van der Waals surface area contributed by atoms with Crippen molar-refractivity contribution in [2.45, 2.75) is 0 Å². The minimum Gasteiger partial charge on any atom is -0.493 e. The van der Waals surface area contributed by atoms with Crippen molar-refractivity contribution in [3.63, 3.8) is 0 Å². The van der Waals surface area contributed by atoms with Crippen LogP contribution in [0, 0.1) is 0 Å². The van der Waals surface area contributed by atoms with E-state index in [1.54, 1.807) is 55.2 Å². The van der Waals surface area contributed by atoms with E-state index in [2.05, 4.69) is 0 Å². The summed E-state index contributed by atoms with van der Waals surface area (Å²) in [5.74, 6) is 1.04. The monoisotopic (exact) mass is 425 g/mol. The molecular weight excluding hydrogens is 402 g/mol. The van der Waals surface area contributed by atoms with E-state index in [1.165, 1.54) is 7.11 Å². The molecule has 0 radical (unpaired) electrons. The lowest BCUT2D eigenvalue weighted by molar-refractivity contribution is 0.0601. The van der Waals surface area contributed by atoms with E-state index in [4.69, 9.17) is 23.9 Å². The van der Waals surface area contributed by atoms with Gasteiger partial charge in [0.1, 0.15) is 0 Å². The minimum absolute atomic E-state index is 0.255. The number of nitrogens with zero attached hydrogens (tertiary/aromatic N) is 3. The summed E-state index contributed by atoms with van der Waals surface area (Å²) in [5.41, 5.74) is 1.09. The Morgan fingerprint density at radius 2 is 1.74 bits per heavy atom. The molecule has 0 N–H and O–H groups in total. The summed E-state index contributed by atoms with van der Waals surface area (Å²) in [7, 11) is 4.41. The van der Waals surface area contributed by atoms with Gasteiger partial charge in [0.05, 0.1) is 56.7 Å². The third-order valence-corrected chi connectivity index (χ3v) is 5.19. The Morgan fingerprint density at radius 3 is 2.42 bits per heavy atom. The van der Waals surface area contributed by atoms with Gasteiger partial charge in [-0.05, 0) is 30.3 Å². The highest BCUT2D eigenvalue weighted by molar-refractivity contribution is 5.94. The van der Waals surface area contributed by atoms with Gasteiger partial charge in [-0.3, -0.25) is 4.79 Å². The molecule has 0 bridgehead atoms. The maximum Gasteiger partial charge on any atom is 0.337 e. The first-order valence-corrected chi connectivity index (χ1v) is 9.77. The van der Waals surface area contributed by atoms with Gasteiger partial charge in [-0.25, -0.2) is 14.3 Å². The molecule has 0 aliphatic carbocycles. The Kier molecular flexibility index (Phi) is 5.77. The topological polar surface area (TPSA) is 92.1 Å². The zero-order chi connectivity index (χ0) is 22.0. The van der Waals surface area contributed by atoms with Gasteiger partial charge in [-0.15, -0.1) is 0 Å². The summed E-state index contributed by atoms with van der Waals surface area (Å²) in [4.78, 5) is 32.3. The van der Waals surface area contributed by atoms with Crippen LogP contribution >= 0.6 is 0 Å². The molecule has 3 aromatic rings. The van der Waals surface area contributed by atoms with Gasteiger partial charge in [-0.1, -0.05) is 0 Å². The van der Waals surface area contributed by atoms with Crippen molar-refractivity contribution in [1.29, 1.82) is 0 Å². The average Bonchev–Trinajstić information content (AvgIpc) is 2.83. The fourth-order valence-electron chi connectivity index (χ4n) is 3.59. The molecule has 162 valence electrons. The molecule has 1 aliphatic rings. The number of hydrogen-bond donors (Lipinski definition) is 0. The predicted octanol–water partition coefficient (Wildman–Crippen LogP) is 2.03. The molecule has 1 fully saturated rings. The fourth-order valence-corrected chi connectivity index (χ4v) is 3.59. The second-order valence-corrected chi connectivity index (χ2v) is 6.91. The molecule has 0 saturated carbocycles. The van der Waals surface area contributed by atoms with Gasteiger partial charge in [0.2, 0.25) is 5.95 Å². The van der Waals surface area contributed by atoms with Crippen LogP contribution in [0.4, 0.5) is 5.95 Å². The van der Waals surface area contributed by atoms with E-state index in [0.717, 1.165) is 0 Å². The maximum absolute atomic E-state index is 13.6. The number of carbonyl (C=O) groups excluding carboxylic acids is 1. The van der Waals surface area contributed by atoms with E-state index in [9.17, 15) is 9.59 Å². The van der Waals surface area contributed by atoms with E-state index >= 15 is 0 Å². The molecular formula is C22H23N3O6. The molecule has 0 unspecified atom stereocenters. The number of esters is 1. The Labute approximate surface area is 178 Å². The minimum atomic E-state index is -0.485. The fraction of sp³-hybridized carbons (Fsp3) is 0.318. The lowest BCUT2D eigenvalue weighted by Crippen LogP contribution is -2.40. The van der Waals surface area contributed by atoms with Crippen LogP contribution in [0.25, 0.3) is 16.6 Å². The molecule has 9 heteroatoms. The second-order valence-electron chi connectivity index (χ2n) is 6.91. The van der Waals surface area contributed by atoms with Crippen LogP contribution in [0.1, 0.15) is 10.4 Å². The number of carbonyl (C=O) groups is 1. The number of aromatic nitrogens is 2. The van der Waals surface area contributed by atoms with Crippen molar-refractivity contribution in [3.8, 4) is 17.2 Å². The molecule has 0 atom stereocenters. The number of rotatable bonds is 5. The van der Waals surface area contributed by atoms with E-state index in [-0.39, 0.29) is 5.56 Å². The first-order valence-electron chi connectivity index (χ1n) is 9.77. The van der Waals surface area contributed by atoms with Crippen LogP contribution in [0.3, 0.4) is 0 Å². The van der Waals surface area contributed by atoms with Crippen LogP contribution in [0.15, 0.2) is 41.2 Å². The molecule has 1 saturated heterocycles. The lowest BCUT2D eigenvalue weighted by atomic mass is 10.1. The third-order valence-electron chi connectivity index (χ3n) is 5.19. The first kappa shape index (κ1) is 20.7. The predicted molar refractivity (Wildman–Crippen MR) is 115 cm³/mol. The molecule has 4 rings (SSSR count). The van der Waals surface area contributed by atoms with Crippen molar-refractivity contribution >= 4 is 22.8 Å². The third kappa shape index (κ3) is 3.79. The van der Waals surface area contributed by atoms with Gasteiger partial charge >= 0.3 is 5.97 Å². The summed E-state index contributed by atoms with van der Waals surface area (Å²) in [6, 6.07) is 9.99. The molecule has 9 nitrogen and oxygen atoms in total. The van der Waals surface area contributed by atoms with Crippen LogP contribution < -0.4 is 19.9 Å². The van der Waals surface area contributed by atoms with Crippen molar-refractivity contribution in [2.24, 2.45) is 0 Å². The van der Waals surface area contributed by atoms with Gasteiger partial charge in [0.15, 0.2) is 11.5 Å². The van der Waals surface area contributed by atoms with Crippen molar-refractivity contribution < 1.29 is 23.7 Å². The Bertz CT molecular complexity index is 1180. The summed E-state index contributed by atoms with van der Waals surface area (Å²) in [6.07, 6.45) is 0. The Hall–Kier alpha value is -3.59. The molecule has 2 heterocycles. The first-order chi connectivity index (χ1) is 15.1. The quantitative estimate of drug-likeness (QED) is 0.574. The molecule has 1 aliphatic heterocycles. The van der Waals surface area contributed by atoms with Crippen molar-refractivity contribution in [1.82, 2.24) is 9.55 Å². The maximum atomic E-state index is 13.6. The standard InChI is InChI=1S/C22H23N3O6/c1-28-18-7-5-15(13-19(18)29-2)25-20(26)16-6-4-14(21(27)30-3)12-17(16)23-22(25)24-8-10-31-11-9-24/h4-7,12-13H,8-11H2,1-3H3. The van der Waals surface area contributed by atoms with E-state index in [1.807, 2.05) is 4.90 Å². The van der Waals surface area contributed by atoms with Crippen LogP contribution in [-0.4, -0.2) is 63.2 Å². The molecule has 2 aromatic carbocycles. The summed E-state index contributed by atoms with van der Waals surface area (Å²) < 4.78 is 22.6. The number of benzene rings is 2. The van der Waals surface area contributed by atoms with Crippen LogP contribution in [0.2, 0.25) is 0 Å². The smallest absolute Gasteiger partial charge is 0.337 e. The zero-order valence-corrected chi connectivity index (χ0v) is 17.6. The molecule has 0 spiro atoms. The highest BCUT2D eigenvalue weighted by Gasteiger charge is 2.22. The largest absolute Gasteiger partial charge is 0.493 e. The zero-order valence-electron chi connectivity index (χ0n) is 17.6. The number of anilines is 1. The van der Waals surface area contributed by atoms with Gasteiger partial charge in [0.25, 0.3) is 5.56 Å². The summed E-state index contributed by atoms with van der Waals surface area (Å²) in [5, 5.41) is 0.388. The van der Waals surface area contributed by atoms with Crippen molar-refractivity contribution in [2.75, 3.05) is 52.5 Å². The molecule has 0 amide bonds. The lowest BCUT2D eigenvalue weighted by Gasteiger charge is -2.30. The SMILES string of the molecule is COC(=O)c1ccc2c(=O)n(-c3ccc(OC)c(OC)c3)c(N3CCOCC3)nc2c1. The van der Waals surface area contributed by atoms with E-state index in [0.29, 0.717) is 65.9 Å². The molecule has 31 heavy (non-hydrogen) atoms. The number of methoxy groups -OCH3 is 3. The Morgan fingerprint density at radius 1 is 1.00 bits per heavy atom. The summed E-state index contributed by atoms with van der Waals surface area (Å²) >= 11 is 0. The van der Waals surface area contributed by atoms with Crippen LogP contribution in [-0.2, 0) is 9.47 Å². The van der Waals surface area contributed by atoms with E-state index < -0.39 is 5.97 Å². The number of morpholine rings is 1. The van der Waals surface area contributed by atoms with Crippen LogP contribution in [0.5, 0.6) is 11.5 Å². The normalized spacial score (nSPS) is 13.8. The molecule has 1 aromatic heterocycles. The second kappa shape index (κ2) is 8.65. The van der Waals surface area contributed by atoms with Gasteiger partial charge in [-0.2, -0.15) is 0 Å².